The van der Waals surface area contributed by atoms with E-state index in [0.717, 1.165) is 5.56 Å². The Labute approximate surface area is 181 Å². The van der Waals surface area contributed by atoms with Gasteiger partial charge in [-0.1, -0.05) is 32.4 Å². The lowest BCUT2D eigenvalue weighted by Gasteiger charge is -2.38. The van der Waals surface area contributed by atoms with E-state index in [1.165, 1.54) is 18.9 Å². The Bertz CT molecular complexity index is 1050. The van der Waals surface area contributed by atoms with Crippen molar-refractivity contribution < 1.29 is 14.3 Å². The van der Waals surface area contributed by atoms with E-state index in [1.54, 1.807) is 13.1 Å². The Morgan fingerprint density at radius 2 is 2.03 bits per heavy atom. The number of carbonyl (C=O) groups excluding carboxylic acids is 1. The standard InChI is InChI=1S/C23H27ClN2O4/c1-5-29-22(28)15-11-26-16(10-17(15)27)20-14(9-19(26)23(2,3)4)8-18(21(24)25-20)30-12-13-6-7-13/h8,10-11,13,19H,5-7,9,12H2,1-4H3/t19-/m1/s1. The highest BCUT2D eigenvalue weighted by Crippen LogP contribution is 2.44. The van der Waals surface area contributed by atoms with E-state index >= 15 is 0 Å². The van der Waals surface area contributed by atoms with Crippen LogP contribution in [0.4, 0.5) is 0 Å². The molecule has 0 saturated heterocycles. The van der Waals surface area contributed by atoms with Crippen molar-refractivity contribution in [3.63, 3.8) is 0 Å². The van der Waals surface area contributed by atoms with Crippen LogP contribution in [0, 0.1) is 11.3 Å². The van der Waals surface area contributed by atoms with Crippen molar-refractivity contribution >= 4 is 17.6 Å². The molecule has 2 aromatic heterocycles. The largest absolute Gasteiger partial charge is 0.490 e. The molecule has 0 amide bonds. The minimum absolute atomic E-state index is 0.0213. The van der Waals surface area contributed by atoms with E-state index in [4.69, 9.17) is 21.1 Å². The molecule has 1 aliphatic carbocycles. The topological polar surface area (TPSA) is 70.4 Å². The fourth-order valence-corrected chi connectivity index (χ4v) is 4.07. The van der Waals surface area contributed by atoms with Crippen LogP contribution < -0.4 is 10.2 Å². The van der Waals surface area contributed by atoms with Gasteiger partial charge in [0, 0.05) is 18.3 Å². The van der Waals surface area contributed by atoms with Crippen LogP contribution in [0.15, 0.2) is 23.1 Å². The van der Waals surface area contributed by atoms with Gasteiger partial charge >= 0.3 is 5.97 Å². The lowest BCUT2D eigenvalue weighted by Crippen LogP contribution is -2.33. The molecule has 1 aliphatic heterocycles. The zero-order valence-corrected chi connectivity index (χ0v) is 18.6. The molecular formula is C23H27ClN2O4. The first kappa shape index (κ1) is 20.9. The predicted octanol–water partition coefficient (Wildman–Crippen LogP) is 4.67. The van der Waals surface area contributed by atoms with Gasteiger partial charge < -0.3 is 14.0 Å². The van der Waals surface area contributed by atoms with Crippen LogP contribution in [-0.2, 0) is 11.2 Å². The van der Waals surface area contributed by atoms with Crippen molar-refractivity contribution in [3.05, 3.63) is 44.8 Å². The Morgan fingerprint density at radius 3 is 2.67 bits per heavy atom. The summed E-state index contributed by atoms with van der Waals surface area (Å²) in [5.41, 5.74) is 1.84. The number of pyridine rings is 2. The van der Waals surface area contributed by atoms with Crippen molar-refractivity contribution in [3.8, 4) is 17.1 Å². The van der Waals surface area contributed by atoms with Crippen molar-refractivity contribution in [2.45, 2.75) is 53.0 Å². The van der Waals surface area contributed by atoms with Crippen molar-refractivity contribution in [1.82, 2.24) is 9.55 Å². The maximum Gasteiger partial charge on any atom is 0.343 e. The summed E-state index contributed by atoms with van der Waals surface area (Å²) < 4.78 is 13.0. The summed E-state index contributed by atoms with van der Waals surface area (Å²) in [5.74, 6) is 0.597. The molecular weight excluding hydrogens is 404 g/mol. The molecule has 30 heavy (non-hydrogen) atoms. The van der Waals surface area contributed by atoms with Crippen LogP contribution in [0.3, 0.4) is 0 Å². The molecule has 3 heterocycles. The molecule has 2 aromatic rings. The highest BCUT2D eigenvalue weighted by molar-refractivity contribution is 6.31. The second kappa shape index (κ2) is 7.73. The van der Waals surface area contributed by atoms with E-state index in [9.17, 15) is 9.59 Å². The Hall–Kier alpha value is -2.34. The summed E-state index contributed by atoms with van der Waals surface area (Å²) >= 11 is 6.42. The number of fused-ring (bicyclic) bond motifs is 3. The van der Waals surface area contributed by atoms with Gasteiger partial charge in [-0.15, -0.1) is 0 Å². The van der Waals surface area contributed by atoms with Crippen LogP contribution in [0.5, 0.6) is 5.75 Å². The molecule has 0 unspecified atom stereocenters. The summed E-state index contributed by atoms with van der Waals surface area (Å²) in [4.78, 5) is 29.6. The fraction of sp³-hybridized carbons (Fsp3) is 0.522. The number of nitrogens with zero attached hydrogens (tertiary/aromatic N) is 2. The molecule has 0 aromatic carbocycles. The third-order valence-corrected chi connectivity index (χ3v) is 6.03. The number of esters is 1. The second-order valence-electron chi connectivity index (χ2n) is 9.19. The molecule has 0 bridgehead atoms. The molecule has 1 fully saturated rings. The SMILES string of the molecule is CCOC(=O)c1cn2c(cc1=O)-c1nc(Cl)c(OCC3CC3)cc1C[C@@H]2C(C)(C)C. The van der Waals surface area contributed by atoms with Gasteiger partial charge in [0.05, 0.1) is 24.6 Å². The Kier molecular flexibility index (Phi) is 5.39. The molecule has 1 atom stereocenters. The quantitative estimate of drug-likeness (QED) is 0.509. The van der Waals surface area contributed by atoms with Gasteiger partial charge in [-0.25, -0.2) is 9.78 Å². The smallest absolute Gasteiger partial charge is 0.343 e. The van der Waals surface area contributed by atoms with Crippen LogP contribution in [0.1, 0.15) is 62.5 Å². The van der Waals surface area contributed by atoms with Gasteiger partial charge in [-0.2, -0.15) is 0 Å². The zero-order valence-electron chi connectivity index (χ0n) is 17.8. The number of hydrogen-bond donors (Lipinski definition) is 0. The Morgan fingerprint density at radius 1 is 1.30 bits per heavy atom. The molecule has 0 radical (unpaired) electrons. The molecule has 7 heteroatoms. The number of hydrogen-bond acceptors (Lipinski definition) is 5. The third kappa shape index (κ3) is 3.97. The Balaban J connectivity index is 1.83. The van der Waals surface area contributed by atoms with Crippen molar-refractivity contribution in [2.24, 2.45) is 11.3 Å². The molecule has 0 N–H and O–H groups in total. The van der Waals surface area contributed by atoms with Gasteiger partial charge in [0.2, 0.25) is 0 Å². The van der Waals surface area contributed by atoms with Crippen LogP contribution in [0.2, 0.25) is 5.15 Å². The van der Waals surface area contributed by atoms with Gasteiger partial charge in [0.1, 0.15) is 5.56 Å². The summed E-state index contributed by atoms with van der Waals surface area (Å²) in [5, 5.41) is 0.289. The highest BCUT2D eigenvalue weighted by atomic mass is 35.5. The maximum atomic E-state index is 12.7. The van der Waals surface area contributed by atoms with Crippen molar-refractivity contribution in [2.75, 3.05) is 13.2 Å². The minimum atomic E-state index is -0.605. The van der Waals surface area contributed by atoms with Gasteiger partial charge in [-0.3, -0.25) is 4.79 Å². The molecule has 0 spiro atoms. The first-order chi connectivity index (χ1) is 14.2. The van der Waals surface area contributed by atoms with E-state index in [0.29, 0.717) is 36.1 Å². The molecule has 1 saturated carbocycles. The highest BCUT2D eigenvalue weighted by Gasteiger charge is 2.35. The summed E-state index contributed by atoms with van der Waals surface area (Å²) in [6, 6.07) is 3.45. The number of carbonyl (C=O) groups is 1. The van der Waals surface area contributed by atoms with E-state index in [1.807, 2.05) is 10.6 Å². The van der Waals surface area contributed by atoms with Crippen LogP contribution in [0.25, 0.3) is 11.4 Å². The minimum Gasteiger partial charge on any atom is -0.490 e. The molecule has 2 aliphatic rings. The number of aromatic nitrogens is 2. The monoisotopic (exact) mass is 430 g/mol. The van der Waals surface area contributed by atoms with Crippen LogP contribution >= 0.6 is 11.6 Å². The molecule has 6 nitrogen and oxygen atoms in total. The van der Waals surface area contributed by atoms with Crippen molar-refractivity contribution in [1.29, 1.82) is 0 Å². The van der Waals surface area contributed by atoms with E-state index in [-0.39, 0.29) is 34.2 Å². The summed E-state index contributed by atoms with van der Waals surface area (Å²) in [6.07, 6.45) is 4.70. The first-order valence-corrected chi connectivity index (χ1v) is 10.8. The normalized spacial score (nSPS) is 17.8. The first-order valence-electron chi connectivity index (χ1n) is 10.4. The van der Waals surface area contributed by atoms with Crippen LogP contribution in [-0.4, -0.2) is 28.7 Å². The van der Waals surface area contributed by atoms with Gasteiger partial charge in [-0.05, 0) is 49.1 Å². The number of ether oxygens (including phenoxy) is 2. The number of halogens is 1. The fourth-order valence-electron chi connectivity index (χ4n) is 3.87. The molecule has 160 valence electrons. The molecule has 4 rings (SSSR count). The predicted molar refractivity (Wildman–Crippen MR) is 115 cm³/mol. The lowest BCUT2D eigenvalue weighted by molar-refractivity contribution is 0.0523. The lowest BCUT2D eigenvalue weighted by atomic mass is 9.80. The maximum absolute atomic E-state index is 12.7. The van der Waals surface area contributed by atoms with Gasteiger partial charge in [0.15, 0.2) is 16.3 Å². The van der Waals surface area contributed by atoms with E-state index < -0.39 is 5.97 Å². The summed E-state index contributed by atoms with van der Waals surface area (Å²) in [7, 11) is 0. The summed E-state index contributed by atoms with van der Waals surface area (Å²) in [6.45, 7) is 9.01. The van der Waals surface area contributed by atoms with Gasteiger partial charge in [0.25, 0.3) is 0 Å². The zero-order chi connectivity index (χ0) is 21.6. The second-order valence-corrected chi connectivity index (χ2v) is 9.55. The average molecular weight is 431 g/mol. The third-order valence-electron chi connectivity index (χ3n) is 5.76. The van der Waals surface area contributed by atoms with E-state index in [2.05, 4.69) is 25.8 Å². The number of rotatable bonds is 5. The average Bonchev–Trinajstić information content (AvgIpc) is 3.49.